The Balaban J connectivity index is 2.59. The van der Waals surface area contributed by atoms with Crippen LogP contribution in [0.15, 0.2) is 0 Å². The quantitative estimate of drug-likeness (QED) is 0.712. The number of urea groups is 1. The van der Waals surface area contributed by atoms with Crippen LogP contribution in [0.2, 0.25) is 0 Å². The number of nitrogens with zero attached hydrogens (tertiary/aromatic N) is 1. The molecule has 80 valence electrons. The topological polar surface area (TPSA) is 58.6 Å². The minimum atomic E-state index is -0.524. The molecule has 1 aliphatic heterocycles. The van der Waals surface area contributed by atoms with E-state index in [1.165, 1.54) is 12.0 Å². The fraction of sp³-hybridized carbons (Fsp3) is 0.778. The third-order valence-electron chi connectivity index (χ3n) is 2.25. The summed E-state index contributed by atoms with van der Waals surface area (Å²) < 4.78 is 4.96. The summed E-state index contributed by atoms with van der Waals surface area (Å²) in [6.45, 7) is 2.76. The van der Waals surface area contributed by atoms with Crippen LogP contribution in [0, 0.1) is 0 Å². The second kappa shape index (κ2) is 4.95. The largest absolute Gasteiger partial charge is 0.370 e. The number of imide groups is 1. The van der Waals surface area contributed by atoms with Gasteiger partial charge in [-0.1, -0.05) is 13.3 Å². The summed E-state index contributed by atoms with van der Waals surface area (Å²) >= 11 is 0. The molecule has 1 fully saturated rings. The van der Waals surface area contributed by atoms with Crippen LogP contribution in [0.5, 0.6) is 0 Å². The normalized spacial score (nSPS) is 22.4. The molecule has 5 nitrogen and oxygen atoms in total. The molecule has 0 spiro atoms. The van der Waals surface area contributed by atoms with E-state index in [1.807, 2.05) is 6.92 Å². The number of amides is 3. The fourth-order valence-electron chi connectivity index (χ4n) is 1.35. The van der Waals surface area contributed by atoms with Crippen molar-refractivity contribution in [1.82, 2.24) is 10.2 Å². The van der Waals surface area contributed by atoms with Crippen LogP contribution in [0.3, 0.4) is 0 Å². The summed E-state index contributed by atoms with van der Waals surface area (Å²) in [4.78, 5) is 24.1. The van der Waals surface area contributed by atoms with Crippen LogP contribution in [0.4, 0.5) is 4.79 Å². The van der Waals surface area contributed by atoms with Gasteiger partial charge in [0, 0.05) is 13.7 Å². The molecule has 1 N–H and O–H groups in total. The molecule has 3 amide bonds. The highest BCUT2D eigenvalue weighted by Gasteiger charge is 2.33. The van der Waals surface area contributed by atoms with Crippen molar-refractivity contribution < 1.29 is 14.3 Å². The van der Waals surface area contributed by atoms with E-state index in [2.05, 4.69) is 5.32 Å². The zero-order valence-corrected chi connectivity index (χ0v) is 8.58. The first-order valence-electron chi connectivity index (χ1n) is 4.82. The molecule has 5 heteroatoms. The highest BCUT2D eigenvalue weighted by Crippen LogP contribution is 2.06. The van der Waals surface area contributed by atoms with Crippen molar-refractivity contribution in [3.05, 3.63) is 0 Å². The molecule has 0 aromatic rings. The number of hydrogen-bond acceptors (Lipinski definition) is 3. The van der Waals surface area contributed by atoms with Gasteiger partial charge >= 0.3 is 6.03 Å². The van der Waals surface area contributed by atoms with Crippen LogP contribution < -0.4 is 5.32 Å². The van der Waals surface area contributed by atoms with Crippen LogP contribution in [-0.4, -0.2) is 43.1 Å². The van der Waals surface area contributed by atoms with E-state index in [9.17, 15) is 9.59 Å². The van der Waals surface area contributed by atoms with Gasteiger partial charge in [0.1, 0.15) is 0 Å². The Kier molecular flexibility index (Phi) is 3.88. The first-order chi connectivity index (χ1) is 6.70. The standard InChI is InChI=1S/C9H16N2O3/c1-3-4-5-11-8(12)7(14-2)6-10-9(11)13/h7H,3-6H2,1-2H3,(H,10,13). The molecule has 1 aliphatic rings. The van der Waals surface area contributed by atoms with Crippen LogP contribution in [0.25, 0.3) is 0 Å². The summed E-state index contributed by atoms with van der Waals surface area (Å²) in [5.41, 5.74) is 0. The first kappa shape index (κ1) is 11.0. The van der Waals surface area contributed by atoms with Gasteiger partial charge in [-0.15, -0.1) is 0 Å². The second-order valence-electron chi connectivity index (χ2n) is 3.25. The Hall–Kier alpha value is -1.10. The average molecular weight is 200 g/mol. The molecule has 0 aliphatic carbocycles. The third kappa shape index (κ3) is 2.23. The van der Waals surface area contributed by atoms with Gasteiger partial charge in [0.05, 0.1) is 6.54 Å². The van der Waals surface area contributed by atoms with Gasteiger partial charge in [0.15, 0.2) is 6.10 Å². The van der Waals surface area contributed by atoms with Crippen LogP contribution in [0.1, 0.15) is 19.8 Å². The van der Waals surface area contributed by atoms with Crippen molar-refractivity contribution in [3.8, 4) is 0 Å². The van der Waals surface area contributed by atoms with Crippen LogP contribution >= 0.6 is 0 Å². The fourth-order valence-corrected chi connectivity index (χ4v) is 1.35. The van der Waals surface area contributed by atoms with Crippen LogP contribution in [-0.2, 0) is 9.53 Å². The maximum Gasteiger partial charge on any atom is 0.324 e. The smallest absolute Gasteiger partial charge is 0.324 e. The van der Waals surface area contributed by atoms with Gasteiger partial charge < -0.3 is 10.1 Å². The molecule has 1 atom stereocenters. The molecule has 1 unspecified atom stereocenters. The summed E-state index contributed by atoms with van der Waals surface area (Å²) in [6, 6.07) is -0.309. The van der Waals surface area contributed by atoms with E-state index in [1.54, 1.807) is 0 Å². The third-order valence-corrected chi connectivity index (χ3v) is 2.25. The number of ether oxygens (including phenoxy) is 1. The van der Waals surface area contributed by atoms with Crippen molar-refractivity contribution >= 4 is 11.9 Å². The van der Waals surface area contributed by atoms with Crippen molar-refractivity contribution in [3.63, 3.8) is 0 Å². The van der Waals surface area contributed by atoms with Gasteiger partial charge in [-0.05, 0) is 6.42 Å². The SMILES string of the molecule is CCCCN1C(=O)NCC(OC)C1=O. The zero-order chi connectivity index (χ0) is 10.6. The Morgan fingerprint density at radius 3 is 2.86 bits per heavy atom. The summed E-state index contributed by atoms with van der Waals surface area (Å²) in [6.07, 6.45) is 1.26. The summed E-state index contributed by atoms with van der Waals surface area (Å²) in [5.74, 6) is -0.232. The Morgan fingerprint density at radius 1 is 1.57 bits per heavy atom. The maximum atomic E-state index is 11.6. The Bertz CT molecular complexity index is 230. The predicted octanol–water partition coefficient (Wildman–Crippen LogP) is 0.353. The summed E-state index contributed by atoms with van der Waals surface area (Å²) in [7, 11) is 1.47. The predicted molar refractivity (Wildman–Crippen MR) is 50.8 cm³/mol. The highest BCUT2D eigenvalue weighted by atomic mass is 16.5. The molecular formula is C9H16N2O3. The van der Waals surface area contributed by atoms with Gasteiger partial charge in [0.2, 0.25) is 0 Å². The lowest BCUT2D eigenvalue weighted by molar-refractivity contribution is -0.140. The van der Waals surface area contributed by atoms with E-state index in [-0.39, 0.29) is 18.5 Å². The lowest BCUT2D eigenvalue weighted by atomic mass is 10.2. The second-order valence-corrected chi connectivity index (χ2v) is 3.25. The average Bonchev–Trinajstić information content (AvgIpc) is 2.18. The molecule has 1 rings (SSSR count). The maximum absolute atomic E-state index is 11.6. The zero-order valence-electron chi connectivity index (χ0n) is 8.58. The van der Waals surface area contributed by atoms with E-state index in [0.717, 1.165) is 12.8 Å². The molecule has 0 bridgehead atoms. The number of unbranched alkanes of at least 4 members (excludes halogenated alkanes) is 1. The van der Waals surface area contributed by atoms with E-state index < -0.39 is 6.10 Å². The number of carbonyl (C=O) groups excluding carboxylic acids is 2. The van der Waals surface area contributed by atoms with Crippen molar-refractivity contribution in [1.29, 1.82) is 0 Å². The molecular weight excluding hydrogens is 184 g/mol. The molecule has 1 saturated heterocycles. The number of rotatable bonds is 4. The van der Waals surface area contributed by atoms with Crippen molar-refractivity contribution in [2.24, 2.45) is 0 Å². The number of carbonyl (C=O) groups is 2. The molecule has 0 radical (unpaired) electrons. The van der Waals surface area contributed by atoms with Gasteiger partial charge in [-0.3, -0.25) is 9.69 Å². The summed E-state index contributed by atoms with van der Waals surface area (Å²) in [5, 5.41) is 2.61. The van der Waals surface area contributed by atoms with Gasteiger partial charge in [0.25, 0.3) is 5.91 Å². The minimum Gasteiger partial charge on any atom is -0.370 e. The Labute approximate surface area is 83.4 Å². The van der Waals surface area contributed by atoms with E-state index in [0.29, 0.717) is 6.54 Å². The van der Waals surface area contributed by atoms with E-state index in [4.69, 9.17) is 4.74 Å². The number of methoxy groups -OCH3 is 1. The molecule has 0 aromatic heterocycles. The Morgan fingerprint density at radius 2 is 2.29 bits per heavy atom. The lowest BCUT2D eigenvalue weighted by Gasteiger charge is -2.30. The number of hydrogen-bond donors (Lipinski definition) is 1. The molecule has 0 aromatic carbocycles. The van der Waals surface area contributed by atoms with Crippen molar-refractivity contribution in [2.45, 2.75) is 25.9 Å². The highest BCUT2D eigenvalue weighted by molar-refractivity contribution is 5.99. The monoisotopic (exact) mass is 200 g/mol. The van der Waals surface area contributed by atoms with Crippen molar-refractivity contribution in [2.75, 3.05) is 20.2 Å². The minimum absolute atomic E-state index is 0.232. The number of nitrogens with one attached hydrogen (secondary N) is 1. The molecule has 0 saturated carbocycles. The molecule has 14 heavy (non-hydrogen) atoms. The lowest BCUT2D eigenvalue weighted by Crippen LogP contribution is -2.58. The van der Waals surface area contributed by atoms with Gasteiger partial charge in [-0.25, -0.2) is 4.79 Å². The van der Waals surface area contributed by atoms with Gasteiger partial charge in [-0.2, -0.15) is 0 Å². The van der Waals surface area contributed by atoms with E-state index >= 15 is 0 Å². The first-order valence-corrected chi connectivity index (χ1v) is 4.82. The molecule has 1 heterocycles.